The van der Waals surface area contributed by atoms with E-state index in [9.17, 15) is 14.7 Å². The number of furan rings is 1. The molecule has 0 saturated carbocycles. The second-order valence-corrected chi connectivity index (χ2v) is 4.38. The molecule has 0 aromatic carbocycles. The standard InChI is InChI=1S/C12H15NO5/c14-8-2-1-4-13(7-8)12(17)9-3-5-18-10(9)6-11(15)16/h3,5,8,14H,1-2,4,6-7H2,(H,15,16). The van der Waals surface area contributed by atoms with Crippen LogP contribution in [0.2, 0.25) is 0 Å². The van der Waals surface area contributed by atoms with E-state index in [1.54, 1.807) is 0 Å². The molecule has 0 bridgehead atoms. The SMILES string of the molecule is O=C(O)Cc1occc1C(=O)N1CCCC(O)C1. The third-order valence-electron chi connectivity index (χ3n) is 2.97. The Labute approximate surface area is 104 Å². The van der Waals surface area contributed by atoms with Crippen LogP contribution >= 0.6 is 0 Å². The van der Waals surface area contributed by atoms with Crippen LogP contribution in [0.4, 0.5) is 0 Å². The first-order valence-electron chi connectivity index (χ1n) is 5.83. The Bertz CT molecular complexity index is 453. The van der Waals surface area contributed by atoms with Gasteiger partial charge in [-0.05, 0) is 18.9 Å². The number of aliphatic hydroxyl groups is 1. The average molecular weight is 253 g/mol. The highest BCUT2D eigenvalue weighted by Crippen LogP contribution is 2.18. The monoisotopic (exact) mass is 253 g/mol. The molecule has 2 N–H and O–H groups in total. The predicted molar refractivity (Wildman–Crippen MR) is 61.2 cm³/mol. The lowest BCUT2D eigenvalue weighted by atomic mass is 10.1. The number of hydrogen-bond acceptors (Lipinski definition) is 4. The topological polar surface area (TPSA) is 91.0 Å². The van der Waals surface area contributed by atoms with Gasteiger partial charge in [0.2, 0.25) is 0 Å². The lowest BCUT2D eigenvalue weighted by molar-refractivity contribution is -0.136. The molecule has 1 aromatic heterocycles. The number of carbonyl (C=O) groups excluding carboxylic acids is 1. The molecule has 2 rings (SSSR count). The molecule has 0 aliphatic carbocycles. The number of carbonyl (C=O) groups is 2. The Balaban J connectivity index is 2.13. The molecule has 1 saturated heterocycles. The highest BCUT2D eigenvalue weighted by atomic mass is 16.4. The third-order valence-corrected chi connectivity index (χ3v) is 2.97. The predicted octanol–water partition coefficient (Wildman–Crippen LogP) is 0.504. The minimum atomic E-state index is -1.04. The summed E-state index contributed by atoms with van der Waals surface area (Å²) in [6.07, 6.45) is 1.93. The van der Waals surface area contributed by atoms with Gasteiger partial charge in [-0.15, -0.1) is 0 Å². The Kier molecular flexibility index (Phi) is 3.66. The maximum absolute atomic E-state index is 12.2. The van der Waals surface area contributed by atoms with Gasteiger partial charge in [-0.2, -0.15) is 0 Å². The molecule has 6 heteroatoms. The molecule has 1 aliphatic heterocycles. The van der Waals surface area contributed by atoms with Crippen LogP contribution in [0.25, 0.3) is 0 Å². The number of aliphatic hydroxyl groups excluding tert-OH is 1. The van der Waals surface area contributed by atoms with Gasteiger partial charge in [0.05, 0.1) is 17.9 Å². The van der Waals surface area contributed by atoms with Crippen LogP contribution in [0, 0.1) is 0 Å². The van der Waals surface area contributed by atoms with E-state index in [-0.39, 0.29) is 30.2 Å². The number of hydrogen-bond donors (Lipinski definition) is 2. The van der Waals surface area contributed by atoms with Gasteiger partial charge in [0.15, 0.2) is 0 Å². The quantitative estimate of drug-likeness (QED) is 0.818. The van der Waals surface area contributed by atoms with Gasteiger partial charge in [0, 0.05) is 13.1 Å². The first-order valence-corrected chi connectivity index (χ1v) is 5.83. The lowest BCUT2D eigenvalue weighted by Gasteiger charge is -2.29. The first kappa shape index (κ1) is 12.6. The maximum atomic E-state index is 12.2. The number of carboxylic acid groups (broad SMARTS) is 1. The van der Waals surface area contributed by atoms with Crippen LogP contribution < -0.4 is 0 Å². The molecule has 0 radical (unpaired) electrons. The summed E-state index contributed by atoms with van der Waals surface area (Å²) in [6, 6.07) is 1.47. The van der Waals surface area contributed by atoms with Crippen molar-refractivity contribution in [3.05, 3.63) is 23.7 Å². The fourth-order valence-electron chi connectivity index (χ4n) is 2.11. The Morgan fingerprint density at radius 1 is 1.50 bits per heavy atom. The first-order chi connectivity index (χ1) is 8.58. The Morgan fingerprint density at radius 3 is 2.94 bits per heavy atom. The molecule has 1 amide bonds. The van der Waals surface area contributed by atoms with Crippen molar-refractivity contribution in [2.45, 2.75) is 25.4 Å². The Hall–Kier alpha value is -1.82. The van der Waals surface area contributed by atoms with E-state index in [4.69, 9.17) is 9.52 Å². The summed E-state index contributed by atoms with van der Waals surface area (Å²) in [7, 11) is 0. The molecule has 1 fully saturated rings. The largest absolute Gasteiger partial charge is 0.481 e. The number of rotatable bonds is 3. The summed E-state index contributed by atoms with van der Waals surface area (Å²) in [6.45, 7) is 0.865. The van der Waals surface area contributed by atoms with Crippen molar-refractivity contribution in [1.29, 1.82) is 0 Å². The average Bonchev–Trinajstić information content (AvgIpc) is 2.75. The van der Waals surface area contributed by atoms with E-state index in [0.717, 1.165) is 6.42 Å². The molecule has 1 unspecified atom stereocenters. The molecule has 6 nitrogen and oxygen atoms in total. The number of β-amino-alcohol motifs (C(OH)–C–C–N with tert-alkyl or cyclic N) is 1. The second kappa shape index (κ2) is 5.22. The van der Waals surface area contributed by atoms with Crippen LogP contribution in [0.5, 0.6) is 0 Å². The molecule has 0 spiro atoms. The van der Waals surface area contributed by atoms with Crippen molar-refractivity contribution in [1.82, 2.24) is 4.90 Å². The normalized spacial score (nSPS) is 19.8. The van der Waals surface area contributed by atoms with Crippen molar-refractivity contribution in [2.24, 2.45) is 0 Å². The van der Waals surface area contributed by atoms with E-state index in [1.165, 1.54) is 17.2 Å². The summed E-state index contributed by atoms with van der Waals surface area (Å²) < 4.78 is 5.02. The Morgan fingerprint density at radius 2 is 2.28 bits per heavy atom. The van der Waals surface area contributed by atoms with E-state index >= 15 is 0 Å². The molecule has 2 heterocycles. The fourth-order valence-corrected chi connectivity index (χ4v) is 2.11. The van der Waals surface area contributed by atoms with Gasteiger partial charge in [-0.25, -0.2) is 0 Å². The highest BCUT2D eigenvalue weighted by Gasteiger charge is 2.26. The summed E-state index contributed by atoms with van der Waals surface area (Å²) in [5, 5.41) is 18.2. The maximum Gasteiger partial charge on any atom is 0.311 e. The summed E-state index contributed by atoms with van der Waals surface area (Å²) in [5.41, 5.74) is 0.270. The zero-order valence-corrected chi connectivity index (χ0v) is 9.83. The minimum Gasteiger partial charge on any atom is -0.481 e. The van der Waals surface area contributed by atoms with Crippen molar-refractivity contribution in [3.63, 3.8) is 0 Å². The molecular weight excluding hydrogens is 238 g/mol. The van der Waals surface area contributed by atoms with Crippen LogP contribution in [0.3, 0.4) is 0 Å². The van der Waals surface area contributed by atoms with Crippen molar-refractivity contribution in [2.75, 3.05) is 13.1 Å². The smallest absolute Gasteiger partial charge is 0.311 e. The van der Waals surface area contributed by atoms with Gasteiger partial charge in [0.1, 0.15) is 12.2 Å². The zero-order chi connectivity index (χ0) is 13.1. The van der Waals surface area contributed by atoms with E-state index < -0.39 is 12.1 Å². The number of likely N-dealkylation sites (tertiary alicyclic amines) is 1. The van der Waals surface area contributed by atoms with Gasteiger partial charge in [0.25, 0.3) is 5.91 Å². The number of piperidine rings is 1. The number of aliphatic carboxylic acids is 1. The number of carboxylic acids is 1. The molecule has 98 valence electrons. The van der Waals surface area contributed by atoms with Crippen LogP contribution in [-0.2, 0) is 11.2 Å². The molecule has 1 aromatic rings. The van der Waals surface area contributed by atoms with Crippen LogP contribution in [-0.4, -0.2) is 46.2 Å². The van der Waals surface area contributed by atoms with Crippen LogP contribution in [0.1, 0.15) is 29.0 Å². The minimum absolute atomic E-state index is 0.160. The third kappa shape index (κ3) is 2.70. The van der Waals surface area contributed by atoms with Crippen LogP contribution in [0.15, 0.2) is 16.7 Å². The number of amides is 1. The lowest BCUT2D eigenvalue weighted by Crippen LogP contribution is -2.42. The molecule has 1 atom stereocenters. The van der Waals surface area contributed by atoms with Gasteiger partial charge in [-0.3, -0.25) is 9.59 Å². The van der Waals surface area contributed by atoms with Gasteiger partial charge in [-0.1, -0.05) is 0 Å². The van der Waals surface area contributed by atoms with E-state index in [2.05, 4.69) is 0 Å². The van der Waals surface area contributed by atoms with Crippen molar-refractivity contribution in [3.8, 4) is 0 Å². The molecule has 1 aliphatic rings. The number of nitrogens with zero attached hydrogens (tertiary/aromatic N) is 1. The summed E-state index contributed by atoms with van der Waals surface area (Å²) in [5.74, 6) is -1.16. The van der Waals surface area contributed by atoms with Crippen molar-refractivity contribution < 1.29 is 24.2 Å². The summed E-state index contributed by atoms with van der Waals surface area (Å²) in [4.78, 5) is 24.3. The molecule has 18 heavy (non-hydrogen) atoms. The molecular formula is C12H15NO5. The fraction of sp³-hybridized carbons (Fsp3) is 0.500. The van der Waals surface area contributed by atoms with Gasteiger partial charge < -0.3 is 19.5 Å². The highest BCUT2D eigenvalue weighted by molar-refractivity contribution is 5.96. The second-order valence-electron chi connectivity index (χ2n) is 4.38. The van der Waals surface area contributed by atoms with E-state index in [1.807, 2.05) is 0 Å². The summed E-state index contributed by atoms with van der Waals surface area (Å²) >= 11 is 0. The zero-order valence-electron chi connectivity index (χ0n) is 9.83. The van der Waals surface area contributed by atoms with Crippen molar-refractivity contribution >= 4 is 11.9 Å². The van der Waals surface area contributed by atoms with Gasteiger partial charge >= 0.3 is 5.97 Å². The van der Waals surface area contributed by atoms with E-state index in [0.29, 0.717) is 13.0 Å².